The third-order valence-electron chi connectivity index (χ3n) is 2.83. The second kappa shape index (κ2) is 6.64. The summed E-state index contributed by atoms with van der Waals surface area (Å²) in [5.41, 5.74) is 3.07. The van der Waals surface area contributed by atoms with E-state index in [1.807, 2.05) is 23.7 Å². The molecular weight excluding hydrogens is 416 g/mol. The van der Waals surface area contributed by atoms with Gasteiger partial charge in [-0.25, -0.2) is 4.98 Å². The van der Waals surface area contributed by atoms with Crippen LogP contribution in [-0.4, -0.2) is 15.0 Å². The molecule has 0 aliphatic carbocycles. The van der Waals surface area contributed by atoms with E-state index in [-0.39, 0.29) is 0 Å². The highest BCUT2D eigenvalue weighted by molar-refractivity contribution is 9.11. The van der Waals surface area contributed by atoms with Crippen LogP contribution >= 0.6 is 43.2 Å². The van der Waals surface area contributed by atoms with Gasteiger partial charge < -0.3 is 5.32 Å². The van der Waals surface area contributed by atoms with Crippen LogP contribution in [-0.2, 0) is 6.54 Å². The van der Waals surface area contributed by atoms with Crippen molar-refractivity contribution < 1.29 is 0 Å². The van der Waals surface area contributed by atoms with Crippen molar-refractivity contribution >= 4 is 48.3 Å². The number of hydrogen-bond acceptors (Lipinski definition) is 5. The molecule has 3 heterocycles. The Morgan fingerprint density at radius 3 is 2.62 bits per heavy atom. The number of rotatable bonds is 4. The Balaban J connectivity index is 1.74. The number of halogens is 2. The zero-order chi connectivity index (χ0) is 14.7. The minimum absolute atomic E-state index is 0.670. The van der Waals surface area contributed by atoms with Crippen LogP contribution in [0.3, 0.4) is 0 Å². The molecule has 3 aromatic rings. The molecule has 3 rings (SSSR count). The van der Waals surface area contributed by atoms with E-state index in [1.165, 1.54) is 0 Å². The number of thiazole rings is 1. The molecule has 0 spiro atoms. The van der Waals surface area contributed by atoms with E-state index in [2.05, 4.69) is 52.1 Å². The van der Waals surface area contributed by atoms with E-state index in [1.54, 1.807) is 29.9 Å². The van der Waals surface area contributed by atoms with Gasteiger partial charge in [0.1, 0.15) is 0 Å². The number of nitrogens with one attached hydrogen (secondary N) is 1. The Hall–Kier alpha value is -1.31. The standard InChI is InChI=1S/C14H10Br2N4S/c15-11-6-18-7-12(16)10(11)5-19-14-20-13(8-21-14)9-2-1-3-17-4-9/h1-4,6-8H,5H2,(H,19,20). The lowest BCUT2D eigenvalue weighted by molar-refractivity contribution is 1.09. The number of nitrogens with zero attached hydrogens (tertiary/aromatic N) is 3. The van der Waals surface area contributed by atoms with Crippen LogP contribution in [0.5, 0.6) is 0 Å². The molecule has 1 N–H and O–H groups in total. The monoisotopic (exact) mass is 424 g/mol. The Morgan fingerprint density at radius 2 is 1.90 bits per heavy atom. The molecule has 0 aliphatic heterocycles. The highest BCUT2D eigenvalue weighted by Gasteiger charge is 2.08. The largest absolute Gasteiger partial charge is 0.357 e. The van der Waals surface area contributed by atoms with Crippen LogP contribution in [0.25, 0.3) is 11.3 Å². The molecule has 0 fully saturated rings. The molecule has 106 valence electrons. The van der Waals surface area contributed by atoms with Crippen LogP contribution < -0.4 is 5.32 Å². The van der Waals surface area contributed by atoms with Gasteiger partial charge in [0.05, 0.1) is 5.69 Å². The van der Waals surface area contributed by atoms with Gasteiger partial charge in [0.2, 0.25) is 0 Å². The van der Waals surface area contributed by atoms with Crippen LogP contribution in [0.15, 0.2) is 51.2 Å². The Labute approximate surface area is 142 Å². The van der Waals surface area contributed by atoms with Crippen LogP contribution in [0.2, 0.25) is 0 Å². The number of pyridine rings is 2. The summed E-state index contributed by atoms with van der Waals surface area (Å²) in [5, 5.41) is 6.23. The zero-order valence-corrected chi connectivity index (χ0v) is 14.7. The Bertz CT molecular complexity index is 725. The van der Waals surface area contributed by atoms with Crippen molar-refractivity contribution in [1.82, 2.24) is 15.0 Å². The molecule has 7 heteroatoms. The van der Waals surface area contributed by atoms with E-state index >= 15 is 0 Å². The molecule has 0 aromatic carbocycles. The van der Waals surface area contributed by atoms with Crippen LogP contribution in [0.4, 0.5) is 5.13 Å². The summed E-state index contributed by atoms with van der Waals surface area (Å²) in [4.78, 5) is 12.8. The van der Waals surface area contributed by atoms with Crippen molar-refractivity contribution in [2.75, 3.05) is 5.32 Å². The Kier molecular flexibility index (Phi) is 4.62. The molecular formula is C14H10Br2N4S. The van der Waals surface area contributed by atoms with E-state index in [9.17, 15) is 0 Å². The molecule has 0 bridgehead atoms. The van der Waals surface area contributed by atoms with Crippen molar-refractivity contribution in [3.05, 3.63) is 56.8 Å². The van der Waals surface area contributed by atoms with E-state index in [4.69, 9.17) is 0 Å². The molecule has 0 unspecified atom stereocenters. The summed E-state index contributed by atoms with van der Waals surface area (Å²) in [6.07, 6.45) is 7.14. The maximum Gasteiger partial charge on any atom is 0.183 e. The summed E-state index contributed by atoms with van der Waals surface area (Å²) >= 11 is 8.59. The third kappa shape index (κ3) is 3.48. The molecule has 0 radical (unpaired) electrons. The van der Waals surface area contributed by atoms with Gasteiger partial charge >= 0.3 is 0 Å². The van der Waals surface area contributed by atoms with Crippen molar-refractivity contribution in [1.29, 1.82) is 0 Å². The zero-order valence-electron chi connectivity index (χ0n) is 10.8. The minimum atomic E-state index is 0.670. The lowest BCUT2D eigenvalue weighted by Crippen LogP contribution is -2.01. The topological polar surface area (TPSA) is 50.7 Å². The first-order valence-electron chi connectivity index (χ1n) is 6.11. The molecule has 0 saturated carbocycles. The van der Waals surface area contributed by atoms with Crippen molar-refractivity contribution in [3.63, 3.8) is 0 Å². The maximum atomic E-state index is 4.58. The predicted molar refractivity (Wildman–Crippen MR) is 92.3 cm³/mol. The van der Waals surface area contributed by atoms with E-state index in [0.717, 1.165) is 30.9 Å². The van der Waals surface area contributed by atoms with Gasteiger partial charge in [-0.15, -0.1) is 11.3 Å². The first-order chi connectivity index (χ1) is 10.2. The second-order valence-corrected chi connectivity index (χ2v) is 6.78. The number of aromatic nitrogens is 3. The molecule has 3 aromatic heterocycles. The van der Waals surface area contributed by atoms with E-state index in [0.29, 0.717) is 6.54 Å². The summed E-state index contributed by atoms with van der Waals surface area (Å²) in [5.74, 6) is 0. The Morgan fingerprint density at radius 1 is 1.10 bits per heavy atom. The fraction of sp³-hybridized carbons (Fsp3) is 0.0714. The highest BCUT2D eigenvalue weighted by atomic mass is 79.9. The van der Waals surface area contributed by atoms with Crippen LogP contribution in [0, 0.1) is 0 Å². The molecule has 0 amide bonds. The first kappa shape index (κ1) is 14.6. The number of hydrogen-bond donors (Lipinski definition) is 1. The molecule has 0 saturated heterocycles. The molecule has 21 heavy (non-hydrogen) atoms. The first-order valence-corrected chi connectivity index (χ1v) is 8.58. The van der Waals surface area contributed by atoms with E-state index < -0.39 is 0 Å². The van der Waals surface area contributed by atoms with Gasteiger partial charge in [-0.2, -0.15) is 0 Å². The number of anilines is 1. The fourth-order valence-corrected chi connectivity index (χ4v) is 3.70. The molecule has 0 aliphatic rings. The van der Waals surface area contributed by atoms with Gasteiger partial charge in [-0.3, -0.25) is 9.97 Å². The average Bonchev–Trinajstić information content (AvgIpc) is 2.97. The van der Waals surface area contributed by atoms with Gasteiger partial charge in [0.15, 0.2) is 5.13 Å². The predicted octanol–water partition coefficient (Wildman–Crippen LogP) is 4.74. The normalized spacial score (nSPS) is 10.6. The van der Waals surface area contributed by atoms with Crippen molar-refractivity contribution in [2.45, 2.75) is 6.54 Å². The summed E-state index contributed by atoms with van der Waals surface area (Å²) in [7, 11) is 0. The van der Waals surface area contributed by atoms with Gasteiger partial charge in [0, 0.05) is 56.8 Å². The quantitative estimate of drug-likeness (QED) is 0.655. The SMILES string of the molecule is Brc1cncc(Br)c1CNc1nc(-c2cccnc2)cs1. The summed E-state index contributed by atoms with van der Waals surface area (Å²) < 4.78 is 1.93. The summed E-state index contributed by atoms with van der Waals surface area (Å²) in [6.45, 7) is 0.670. The van der Waals surface area contributed by atoms with Crippen molar-refractivity contribution in [3.8, 4) is 11.3 Å². The van der Waals surface area contributed by atoms with Gasteiger partial charge in [-0.1, -0.05) is 0 Å². The fourth-order valence-electron chi connectivity index (χ4n) is 1.77. The average molecular weight is 426 g/mol. The highest BCUT2D eigenvalue weighted by Crippen LogP contribution is 2.27. The summed E-state index contributed by atoms with van der Waals surface area (Å²) in [6, 6.07) is 3.91. The maximum absolute atomic E-state index is 4.58. The third-order valence-corrected chi connectivity index (χ3v) is 5.00. The lowest BCUT2D eigenvalue weighted by Gasteiger charge is -2.07. The second-order valence-electron chi connectivity index (χ2n) is 4.21. The van der Waals surface area contributed by atoms with Crippen LogP contribution in [0.1, 0.15) is 5.56 Å². The lowest BCUT2D eigenvalue weighted by atomic mass is 10.2. The van der Waals surface area contributed by atoms with Crippen molar-refractivity contribution in [2.24, 2.45) is 0 Å². The molecule has 4 nitrogen and oxygen atoms in total. The smallest absolute Gasteiger partial charge is 0.183 e. The minimum Gasteiger partial charge on any atom is -0.357 e. The molecule has 0 atom stereocenters. The van der Waals surface area contributed by atoms with Gasteiger partial charge in [-0.05, 0) is 44.0 Å². The van der Waals surface area contributed by atoms with Gasteiger partial charge in [0.25, 0.3) is 0 Å².